The summed E-state index contributed by atoms with van der Waals surface area (Å²) in [5.41, 5.74) is 7.32. The third kappa shape index (κ3) is 9.46. The molecular formula is C35H48N8O3. The number of ether oxygens (including phenoxy) is 1. The average molecular weight is 629 g/mol. The number of benzene rings is 1. The fourth-order valence-corrected chi connectivity index (χ4v) is 5.99. The van der Waals surface area contributed by atoms with Crippen molar-refractivity contribution in [2.24, 2.45) is 16.9 Å². The van der Waals surface area contributed by atoms with Gasteiger partial charge >= 0.3 is 0 Å². The maximum absolute atomic E-state index is 13.1. The Bertz CT molecular complexity index is 1380. The van der Waals surface area contributed by atoms with Gasteiger partial charge in [0.1, 0.15) is 0 Å². The van der Waals surface area contributed by atoms with Gasteiger partial charge in [0.15, 0.2) is 5.82 Å². The number of rotatable bonds is 11. The van der Waals surface area contributed by atoms with Crippen LogP contribution in [-0.2, 0) is 14.3 Å². The molecule has 5 rings (SSSR count). The molecule has 0 spiro atoms. The SMILES string of the molecule is CC(C)=C(/C=C\C(C)NC(=O)C1CCN(CC(=O)N2CCN(c3ccc(-c4ncccn4)cc3)CC2)C1)N/N=C/C1CCOCC1. The van der Waals surface area contributed by atoms with Crippen LogP contribution in [0.1, 0.15) is 40.0 Å². The molecule has 2 unspecified atom stereocenters. The number of piperazine rings is 1. The van der Waals surface area contributed by atoms with E-state index >= 15 is 0 Å². The van der Waals surface area contributed by atoms with E-state index in [4.69, 9.17) is 4.74 Å². The number of hydrazone groups is 1. The minimum atomic E-state index is -0.127. The van der Waals surface area contributed by atoms with Gasteiger partial charge in [0.25, 0.3) is 0 Å². The Morgan fingerprint density at radius 1 is 1.02 bits per heavy atom. The van der Waals surface area contributed by atoms with Gasteiger partial charge in [0.05, 0.1) is 18.2 Å². The number of amides is 2. The van der Waals surface area contributed by atoms with E-state index in [1.807, 2.05) is 62.2 Å². The lowest BCUT2D eigenvalue weighted by atomic mass is 10.0. The van der Waals surface area contributed by atoms with Gasteiger partial charge in [0.2, 0.25) is 11.8 Å². The third-order valence-electron chi connectivity index (χ3n) is 8.89. The van der Waals surface area contributed by atoms with Crippen LogP contribution < -0.4 is 15.6 Å². The lowest BCUT2D eigenvalue weighted by Crippen LogP contribution is -2.51. The first-order valence-corrected chi connectivity index (χ1v) is 16.5. The van der Waals surface area contributed by atoms with Gasteiger partial charge in [-0.3, -0.25) is 19.9 Å². The first-order valence-electron chi connectivity index (χ1n) is 16.5. The molecule has 0 radical (unpaired) electrons. The molecule has 3 aliphatic rings. The van der Waals surface area contributed by atoms with Crippen molar-refractivity contribution in [1.82, 2.24) is 30.5 Å². The summed E-state index contributed by atoms with van der Waals surface area (Å²) < 4.78 is 5.41. The van der Waals surface area contributed by atoms with Crippen LogP contribution in [0.15, 0.2) is 71.2 Å². The van der Waals surface area contributed by atoms with Gasteiger partial charge in [-0.15, -0.1) is 0 Å². The molecule has 2 amide bonds. The van der Waals surface area contributed by atoms with Crippen LogP contribution in [0.3, 0.4) is 0 Å². The van der Waals surface area contributed by atoms with E-state index < -0.39 is 0 Å². The van der Waals surface area contributed by atoms with Crippen molar-refractivity contribution in [2.45, 2.75) is 46.1 Å². The van der Waals surface area contributed by atoms with E-state index in [1.54, 1.807) is 12.4 Å². The highest BCUT2D eigenvalue weighted by Gasteiger charge is 2.31. The Kier molecular flexibility index (Phi) is 11.9. The second-order valence-corrected chi connectivity index (χ2v) is 12.6. The van der Waals surface area contributed by atoms with Crippen LogP contribution >= 0.6 is 0 Å². The highest BCUT2D eigenvalue weighted by molar-refractivity contribution is 5.81. The molecule has 11 nitrogen and oxygen atoms in total. The molecule has 46 heavy (non-hydrogen) atoms. The predicted molar refractivity (Wildman–Crippen MR) is 181 cm³/mol. The number of carbonyl (C=O) groups excluding carboxylic acids is 2. The number of hydrogen-bond acceptors (Lipinski definition) is 9. The fraction of sp³-hybridized carbons (Fsp3) is 0.514. The molecule has 0 bridgehead atoms. The van der Waals surface area contributed by atoms with E-state index in [0.717, 1.165) is 74.6 Å². The molecule has 0 aliphatic carbocycles. The fourth-order valence-electron chi connectivity index (χ4n) is 5.99. The Labute approximate surface area is 272 Å². The Morgan fingerprint density at radius 3 is 2.43 bits per heavy atom. The number of carbonyl (C=O) groups is 2. The van der Waals surface area contributed by atoms with Crippen LogP contribution in [0.2, 0.25) is 0 Å². The number of anilines is 1. The molecule has 1 aromatic heterocycles. The number of hydrogen-bond donors (Lipinski definition) is 2. The normalized spacial score (nSPS) is 20.3. The van der Waals surface area contributed by atoms with Crippen molar-refractivity contribution in [3.63, 3.8) is 0 Å². The molecule has 3 fully saturated rings. The van der Waals surface area contributed by atoms with Crippen LogP contribution in [0.5, 0.6) is 0 Å². The van der Waals surface area contributed by atoms with E-state index in [-0.39, 0.29) is 23.8 Å². The number of nitrogens with zero attached hydrogens (tertiary/aromatic N) is 6. The summed E-state index contributed by atoms with van der Waals surface area (Å²) in [6.45, 7) is 12.3. The van der Waals surface area contributed by atoms with Crippen molar-refractivity contribution in [3.05, 3.63) is 66.1 Å². The van der Waals surface area contributed by atoms with Crippen molar-refractivity contribution in [2.75, 3.05) is 63.9 Å². The number of nitrogens with one attached hydrogen (secondary N) is 2. The van der Waals surface area contributed by atoms with Crippen molar-refractivity contribution < 1.29 is 14.3 Å². The van der Waals surface area contributed by atoms with Crippen LogP contribution in [-0.4, -0.2) is 103 Å². The molecule has 1 aromatic carbocycles. The van der Waals surface area contributed by atoms with Gasteiger partial charge in [0, 0.05) is 87.8 Å². The molecular weight excluding hydrogens is 580 g/mol. The largest absolute Gasteiger partial charge is 0.381 e. The zero-order chi connectivity index (χ0) is 32.3. The zero-order valence-electron chi connectivity index (χ0n) is 27.4. The molecule has 246 valence electrons. The lowest BCUT2D eigenvalue weighted by Gasteiger charge is -2.36. The highest BCUT2D eigenvalue weighted by Crippen LogP contribution is 2.22. The van der Waals surface area contributed by atoms with Gasteiger partial charge < -0.3 is 19.9 Å². The van der Waals surface area contributed by atoms with Crippen molar-refractivity contribution in [3.8, 4) is 11.4 Å². The molecule has 4 heterocycles. The van der Waals surface area contributed by atoms with Crippen LogP contribution in [0.25, 0.3) is 11.4 Å². The van der Waals surface area contributed by atoms with Crippen LogP contribution in [0.4, 0.5) is 5.69 Å². The van der Waals surface area contributed by atoms with Crippen LogP contribution in [0, 0.1) is 11.8 Å². The summed E-state index contributed by atoms with van der Waals surface area (Å²) in [6, 6.07) is 9.96. The molecule has 2 N–H and O–H groups in total. The summed E-state index contributed by atoms with van der Waals surface area (Å²) in [5.74, 6) is 1.21. The smallest absolute Gasteiger partial charge is 0.236 e. The number of allylic oxidation sites excluding steroid dienone is 2. The Balaban J connectivity index is 1.01. The van der Waals surface area contributed by atoms with E-state index in [0.29, 0.717) is 37.9 Å². The molecule has 2 atom stereocenters. The molecule has 3 saturated heterocycles. The molecule has 11 heteroatoms. The summed E-state index contributed by atoms with van der Waals surface area (Å²) in [5, 5.41) is 7.58. The average Bonchev–Trinajstić information content (AvgIpc) is 3.56. The van der Waals surface area contributed by atoms with E-state index in [9.17, 15) is 9.59 Å². The lowest BCUT2D eigenvalue weighted by molar-refractivity contribution is -0.133. The van der Waals surface area contributed by atoms with Gasteiger partial charge in [-0.1, -0.05) is 11.6 Å². The Morgan fingerprint density at radius 2 is 1.74 bits per heavy atom. The van der Waals surface area contributed by atoms with Gasteiger partial charge in [-0.05, 0) is 83.0 Å². The molecule has 3 aliphatic heterocycles. The Hall–Kier alpha value is -4.09. The number of likely N-dealkylation sites (tertiary alicyclic amines) is 1. The summed E-state index contributed by atoms with van der Waals surface area (Å²) >= 11 is 0. The van der Waals surface area contributed by atoms with Gasteiger partial charge in [-0.2, -0.15) is 5.10 Å². The summed E-state index contributed by atoms with van der Waals surface area (Å²) in [7, 11) is 0. The van der Waals surface area contributed by atoms with E-state index in [2.05, 4.69) is 47.7 Å². The monoisotopic (exact) mass is 628 g/mol. The summed E-state index contributed by atoms with van der Waals surface area (Å²) in [6.07, 6.45) is 12.2. The van der Waals surface area contributed by atoms with Crippen molar-refractivity contribution in [1.29, 1.82) is 0 Å². The summed E-state index contributed by atoms with van der Waals surface area (Å²) in [4.78, 5) is 41.2. The highest BCUT2D eigenvalue weighted by atomic mass is 16.5. The van der Waals surface area contributed by atoms with Crippen molar-refractivity contribution >= 4 is 23.7 Å². The maximum Gasteiger partial charge on any atom is 0.236 e. The maximum atomic E-state index is 13.1. The number of aromatic nitrogens is 2. The first-order chi connectivity index (χ1) is 22.4. The van der Waals surface area contributed by atoms with E-state index in [1.165, 1.54) is 0 Å². The topological polar surface area (TPSA) is 115 Å². The molecule has 2 aromatic rings. The second kappa shape index (κ2) is 16.5. The second-order valence-electron chi connectivity index (χ2n) is 12.6. The minimum Gasteiger partial charge on any atom is -0.381 e. The predicted octanol–water partition coefficient (Wildman–Crippen LogP) is 3.47. The third-order valence-corrected chi connectivity index (χ3v) is 8.89. The minimum absolute atomic E-state index is 0.0369. The standard InChI is InChI=1S/C35H48N8O3/c1-26(2)32(40-38-23-28-12-21-46-22-13-28)10-5-27(3)39-35(45)30-11-16-41(24-30)25-33(44)43-19-17-42(18-20-43)31-8-6-29(7-9-31)34-36-14-4-15-37-34/h4-10,14-15,23,27-28,30,40H,11-13,16-22,24-25H2,1-3H3,(H,39,45)/b10-5-,38-23+. The molecule has 0 saturated carbocycles. The quantitative estimate of drug-likeness (QED) is 0.221. The zero-order valence-corrected chi connectivity index (χ0v) is 27.4. The first kappa shape index (κ1) is 33.3. The van der Waals surface area contributed by atoms with Gasteiger partial charge in [-0.25, -0.2) is 9.97 Å².